The molecule has 2 atom stereocenters. The molecule has 0 aliphatic carbocycles. The Bertz CT molecular complexity index is 621. The summed E-state index contributed by atoms with van der Waals surface area (Å²) < 4.78 is 7.79. The van der Waals surface area contributed by atoms with E-state index in [4.69, 9.17) is 4.74 Å². The van der Waals surface area contributed by atoms with Crippen LogP contribution in [-0.2, 0) is 24.1 Å². The summed E-state index contributed by atoms with van der Waals surface area (Å²) in [5.74, 6) is 0. The monoisotopic (exact) mass is 286 g/mol. The topological polar surface area (TPSA) is 47.3 Å². The molecule has 1 aromatic carbocycles. The molecule has 21 heavy (non-hydrogen) atoms. The van der Waals surface area contributed by atoms with Crippen molar-refractivity contribution in [1.82, 2.24) is 9.78 Å². The summed E-state index contributed by atoms with van der Waals surface area (Å²) in [6, 6.07) is 10.3. The molecule has 4 heteroatoms. The zero-order valence-electron chi connectivity index (χ0n) is 12.6. The van der Waals surface area contributed by atoms with Crippen LogP contribution in [0.2, 0.25) is 0 Å². The highest BCUT2D eigenvalue weighted by Gasteiger charge is 2.28. The van der Waals surface area contributed by atoms with Gasteiger partial charge in [0.05, 0.1) is 18.4 Å². The average molecular weight is 286 g/mol. The van der Waals surface area contributed by atoms with Crippen molar-refractivity contribution in [3.63, 3.8) is 0 Å². The Morgan fingerprint density at radius 3 is 3.05 bits per heavy atom. The smallest absolute Gasteiger partial charge is 0.109 e. The lowest BCUT2D eigenvalue weighted by Gasteiger charge is -2.29. The van der Waals surface area contributed by atoms with E-state index in [0.29, 0.717) is 13.0 Å². The van der Waals surface area contributed by atoms with E-state index in [9.17, 15) is 5.11 Å². The molecule has 0 saturated heterocycles. The molecule has 1 aliphatic rings. The largest absolute Gasteiger partial charge is 0.390 e. The Kier molecular flexibility index (Phi) is 4.08. The molecule has 0 fully saturated rings. The highest BCUT2D eigenvalue weighted by Crippen LogP contribution is 2.31. The number of aliphatic hydroxyl groups is 1. The highest BCUT2D eigenvalue weighted by molar-refractivity contribution is 5.32. The molecule has 1 aromatic heterocycles. The first-order chi connectivity index (χ1) is 10.2. The molecule has 4 nitrogen and oxygen atoms in total. The van der Waals surface area contributed by atoms with Crippen LogP contribution in [0.15, 0.2) is 30.3 Å². The summed E-state index contributed by atoms with van der Waals surface area (Å²) in [5, 5.41) is 15.1. The molecule has 0 bridgehead atoms. The molecular formula is C17H22N2O2. The van der Waals surface area contributed by atoms with Crippen LogP contribution in [0.25, 0.3) is 0 Å². The van der Waals surface area contributed by atoms with Crippen molar-refractivity contribution in [2.45, 2.75) is 45.4 Å². The average Bonchev–Trinajstić information content (AvgIpc) is 2.86. The van der Waals surface area contributed by atoms with Gasteiger partial charge < -0.3 is 9.84 Å². The van der Waals surface area contributed by atoms with Crippen LogP contribution in [0.5, 0.6) is 0 Å². The van der Waals surface area contributed by atoms with Gasteiger partial charge in [0.1, 0.15) is 6.10 Å². The summed E-state index contributed by atoms with van der Waals surface area (Å²) in [4.78, 5) is 0. The van der Waals surface area contributed by atoms with E-state index < -0.39 is 6.10 Å². The molecule has 2 aromatic rings. The van der Waals surface area contributed by atoms with Crippen LogP contribution in [0.1, 0.15) is 35.5 Å². The van der Waals surface area contributed by atoms with Crippen LogP contribution >= 0.6 is 0 Å². The second kappa shape index (κ2) is 6.00. The predicted molar refractivity (Wildman–Crippen MR) is 81.2 cm³/mol. The number of aliphatic hydroxyl groups excluding tert-OH is 1. The van der Waals surface area contributed by atoms with Gasteiger partial charge in [0.15, 0.2) is 0 Å². The Balaban J connectivity index is 1.81. The van der Waals surface area contributed by atoms with Crippen LogP contribution in [0, 0.1) is 6.92 Å². The van der Waals surface area contributed by atoms with Gasteiger partial charge in [-0.2, -0.15) is 5.10 Å². The van der Waals surface area contributed by atoms with Crippen LogP contribution < -0.4 is 0 Å². The standard InChI is InChI=1S/C17H22N2O2/c1-3-19-14(10-12(2)18-19)11-16(20)17-15-7-5-4-6-13(15)8-9-21-17/h4-7,10,16-17,20H,3,8-9,11H2,1-2H3. The van der Waals surface area contributed by atoms with Gasteiger partial charge in [-0.05, 0) is 37.5 Å². The number of rotatable bonds is 4. The van der Waals surface area contributed by atoms with Gasteiger partial charge in [0.2, 0.25) is 0 Å². The Labute approximate surface area is 125 Å². The second-order valence-corrected chi connectivity index (χ2v) is 5.60. The molecule has 0 saturated carbocycles. The van der Waals surface area contributed by atoms with Crippen molar-refractivity contribution in [2.24, 2.45) is 0 Å². The maximum Gasteiger partial charge on any atom is 0.109 e. The maximum absolute atomic E-state index is 10.6. The van der Waals surface area contributed by atoms with E-state index in [1.807, 2.05) is 29.8 Å². The van der Waals surface area contributed by atoms with E-state index in [-0.39, 0.29) is 6.10 Å². The van der Waals surface area contributed by atoms with Crippen molar-refractivity contribution in [3.8, 4) is 0 Å². The molecule has 1 aliphatic heterocycles. The van der Waals surface area contributed by atoms with Crippen LogP contribution in [-0.4, -0.2) is 27.6 Å². The summed E-state index contributed by atoms with van der Waals surface area (Å²) in [6.45, 7) is 5.53. The Morgan fingerprint density at radius 1 is 1.43 bits per heavy atom. The molecule has 0 amide bonds. The number of hydrogen-bond donors (Lipinski definition) is 1. The zero-order chi connectivity index (χ0) is 14.8. The van der Waals surface area contributed by atoms with Gasteiger partial charge >= 0.3 is 0 Å². The van der Waals surface area contributed by atoms with Gasteiger partial charge in [-0.25, -0.2) is 0 Å². The predicted octanol–water partition coefficient (Wildman–Crippen LogP) is 2.43. The quantitative estimate of drug-likeness (QED) is 0.939. The number of benzene rings is 1. The number of nitrogens with zero attached hydrogens (tertiary/aromatic N) is 2. The van der Waals surface area contributed by atoms with Gasteiger partial charge in [0.25, 0.3) is 0 Å². The van der Waals surface area contributed by atoms with E-state index in [1.165, 1.54) is 5.56 Å². The first-order valence-electron chi connectivity index (χ1n) is 7.60. The fourth-order valence-corrected chi connectivity index (χ4v) is 3.10. The third kappa shape index (κ3) is 2.87. The highest BCUT2D eigenvalue weighted by atomic mass is 16.5. The third-order valence-electron chi connectivity index (χ3n) is 4.08. The number of aryl methyl sites for hydroxylation is 2. The van der Waals surface area contributed by atoms with Crippen LogP contribution in [0.4, 0.5) is 0 Å². The third-order valence-corrected chi connectivity index (χ3v) is 4.08. The van der Waals surface area contributed by atoms with E-state index in [1.54, 1.807) is 0 Å². The minimum absolute atomic E-state index is 0.240. The first-order valence-corrected chi connectivity index (χ1v) is 7.60. The SMILES string of the molecule is CCn1nc(C)cc1CC(O)C1OCCc2ccccc21. The molecule has 0 spiro atoms. The number of ether oxygens (including phenoxy) is 1. The second-order valence-electron chi connectivity index (χ2n) is 5.60. The van der Waals surface area contributed by atoms with Crippen molar-refractivity contribution >= 4 is 0 Å². The van der Waals surface area contributed by atoms with E-state index in [2.05, 4.69) is 24.2 Å². The molecule has 1 N–H and O–H groups in total. The minimum Gasteiger partial charge on any atom is -0.390 e. The van der Waals surface area contributed by atoms with Gasteiger partial charge in [-0.15, -0.1) is 0 Å². The van der Waals surface area contributed by atoms with E-state index in [0.717, 1.165) is 29.9 Å². The number of hydrogen-bond acceptors (Lipinski definition) is 3. The molecule has 3 rings (SSSR count). The van der Waals surface area contributed by atoms with Crippen molar-refractivity contribution in [3.05, 3.63) is 52.8 Å². The number of fused-ring (bicyclic) bond motifs is 1. The van der Waals surface area contributed by atoms with Crippen LogP contribution in [0.3, 0.4) is 0 Å². The summed E-state index contributed by atoms with van der Waals surface area (Å²) >= 11 is 0. The fraction of sp³-hybridized carbons (Fsp3) is 0.471. The lowest BCUT2D eigenvalue weighted by atomic mass is 9.93. The summed E-state index contributed by atoms with van der Waals surface area (Å²) in [5.41, 5.74) is 4.46. The van der Waals surface area contributed by atoms with E-state index >= 15 is 0 Å². The van der Waals surface area contributed by atoms with Crippen molar-refractivity contribution < 1.29 is 9.84 Å². The van der Waals surface area contributed by atoms with Gasteiger partial charge in [-0.1, -0.05) is 24.3 Å². The summed E-state index contributed by atoms with van der Waals surface area (Å²) in [7, 11) is 0. The molecule has 0 radical (unpaired) electrons. The first kappa shape index (κ1) is 14.3. The molecule has 2 unspecified atom stereocenters. The minimum atomic E-state index is -0.548. The van der Waals surface area contributed by atoms with Crippen molar-refractivity contribution in [2.75, 3.05) is 6.61 Å². The Hall–Kier alpha value is -1.65. The molecule has 2 heterocycles. The number of aromatic nitrogens is 2. The van der Waals surface area contributed by atoms with Gasteiger partial charge in [0, 0.05) is 18.7 Å². The summed E-state index contributed by atoms with van der Waals surface area (Å²) in [6.07, 6.45) is 0.697. The zero-order valence-corrected chi connectivity index (χ0v) is 12.6. The Morgan fingerprint density at radius 2 is 2.24 bits per heavy atom. The normalized spacial score (nSPS) is 19.3. The van der Waals surface area contributed by atoms with Crippen molar-refractivity contribution in [1.29, 1.82) is 0 Å². The lowest BCUT2D eigenvalue weighted by molar-refractivity contribution is -0.0467. The fourth-order valence-electron chi connectivity index (χ4n) is 3.10. The maximum atomic E-state index is 10.6. The van der Waals surface area contributed by atoms with Gasteiger partial charge in [-0.3, -0.25) is 4.68 Å². The lowest BCUT2D eigenvalue weighted by Crippen LogP contribution is -2.29. The molecular weight excluding hydrogens is 264 g/mol. The molecule has 112 valence electrons.